The molecule has 1 aromatic rings. The van der Waals surface area contributed by atoms with Crippen molar-refractivity contribution in [3.8, 4) is 11.5 Å². The molecule has 0 amide bonds. The number of esters is 1. The molecule has 0 fully saturated rings. The first-order valence-electron chi connectivity index (χ1n) is 7.22. The molecule has 5 nitrogen and oxygen atoms in total. The van der Waals surface area contributed by atoms with E-state index in [0.29, 0.717) is 24.0 Å². The molecule has 0 saturated heterocycles. The summed E-state index contributed by atoms with van der Waals surface area (Å²) in [6, 6.07) is 5.68. The number of benzene rings is 1. The van der Waals surface area contributed by atoms with Crippen LogP contribution in [0.4, 0.5) is 0 Å². The van der Waals surface area contributed by atoms with Gasteiger partial charge in [0.2, 0.25) is 0 Å². The Kier molecular flexibility index (Phi) is 7.61. The summed E-state index contributed by atoms with van der Waals surface area (Å²) in [5.41, 5.74) is 1.11. The molecule has 118 valence electrons. The van der Waals surface area contributed by atoms with Crippen LogP contribution in [-0.2, 0) is 16.1 Å². The first-order chi connectivity index (χ1) is 10.1. The van der Waals surface area contributed by atoms with Gasteiger partial charge in [-0.25, -0.2) is 4.79 Å². The van der Waals surface area contributed by atoms with Gasteiger partial charge in [-0.15, -0.1) is 0 Å². The highest BCUT2D eigenvalue weighted by atomic mass is 16.6. The van der Waals surface area contributed by atoms with Crippen LogP contribution in [0.15, 0.2) is 18.2 Å². The Labute approximate surface area is 126 Å². The van der Waals surface area contributed by atoms with Crippen molar-refractivity contribution in [1.82, 2.24) is 5.32 Å². The quantitative estimate of drug-likeness (QED) is 0.709. The summed E-state index contributed by atoms with van der Waals surface area (Å²) in [5, 5.41) is 3.37. The van der Waals surface area contributed by atoms with E-state index in [4.69, 9.17) is 14.2 Å². The highest BCUT2D eigenvalue weighted by Gasteiger charge is 2.09. The van der Waals surface area contributed by atoms with Crippen molar-refractivity contribution in [3.05, 3.63) is 23.8 Å². The fourth-order valence-corrected chi connectivity index (χ4v) is 1.79. The van der Waals surface area contributed by atoms with Crippen LogP contribution in [0.25, 0.3) is 0 Å². The molecule has 0 spiro atoms. The predicted molar refractivity (Wildman–Crippen MR) is 81.7 cm³/mol. The molecule has 0 aliphatic rings. The van der Waals surface area contributed by atoms with Crippen molar-refractivity contribution in [1.29, 1.82) is 0 Å². The second kappa shape index (κ2) is 9.23. The second-order valence-electron chi connectivity index (χ2n) is 5.10. The lowest BCUT2D eigenvalue weighted by atomic mass is 10.2. The minimum absolute atomic E-state index is 0.116. The number of methoxy groups -OCH3 is 1. The van der Waals surface area contributed by atoms with E-state index in [2.05, 4.69) is 19.2 Å². The third-order valence-corrected chi connectivity index (χ3v) is 2.76. The van der Waals surface area contributed by atoms with Gasteiger partial charge in [0, 0.05) is 6.54 Å². The van der Waals surface area contributed by atoms with E-state index in [1.165, 1.54) is 0 Å². The number of carbonyl (C=O) groups excluding carboxylic acids is 1. The van der Waals surface area contributed by atoms with Gasteiger partial charge in [0.15, 0.2) is 18.1 Å². The minimum atomic E-state index is -0.387. The summed E-state index contributed by atoms with van der Waals surface area (Å²) in [5.74, 6) is 1.38. The molecule has 21 heavy (non-hydrogen) atoms. The Morgan fingerprint density at radius 2 is 2.05 bits per heavy atom. The van der Waals surface area contributed by atoms with Crippen molar-refractivity contribution < 1.29 is 19.0 Å². The maximum atomic E-state index is 11.3. The molecule has 5 heteroatoms. The van der Waals surface area contributed by atoms with Crippen LogP contribution in [-0.4, -0.2) is 32.8 Å². The molecule has 0 saturated carbocycles. The lowest BCUT2D eigenvalue weighted by Gasteiger charge is -2.13. The zero-order chi connectivity index (χ0) is 15.7. The molecule has 0 atom stereocenters. The van der Waals surface area contributed by atoms with E-state index in [9.17, 15) is 4.79 Å². The fraction of sp³-hybridized carbons (Fsp3) is 0.562. The molecule has 0 aliphatic heterocycles. The van der Waals surface area contributed by atoms with E-state index in [0.717, 1.165) is 18.7 Å². The third kappa shape index (κ3) is 6.49. The van der Waals surface area contributed by atoms with Crippen LogP contribution in [0.3, 0.4) is 0 Å². The van der Waals surface area contributed by atoms with Gasteiger partial charge in [-0.2, -0.15) is 0 Å². The number of hydrogen-bond acceptors (Lipinski definition) is 5. The highest BCUT2D eigenvalue weighted by molar-refractivity contribution is 5.71. The van der Waals surface area contributed by atoms with Gasteiger partial charge in [-0.1, -0.05) is 19.9 Å². The van der Waals surface area contributed by atoms with Gasteiger partial charge < -0.3 is 19.5 Å². The summed E-state index contributed by atoms with van der Waals surface area (Å²) in [4.78, 5) is 11.3. The minimum Gasteiger partial charge on any atom is -0.493 e. The molecule has 0 heterocycles. The van der Waals surface area contributed by atoms with Crippen LogP contribution in [0, 0.1) is 5.92 Å². The Morgan fingerprint density at radius 1 is 1.29 bits per heavy atom. The van der Waals surface area contributed by atoms with Crippen molar-refractivity contribution >= 4 is 5.97 Å². The average Bonchev–Trinajstić information content (AvgIpc) is 2.45. The van der Waals surface area contributed by atoms with E-state index in [-0.39, 0.29) is 12.6 Å². The van der Waals surface area contributed by atoms with Gasteiger partial charge in [0.05, 0.1) is 13.7 Å². The van der Waals surface area contributed by atoms with Crippen LogP contribution in [0.1, 0.15) is 26.3 Å². The lowest BCUT2D eigenvalue weighted by Crippen LogP contribution is -2.19. The summed E-state index contributed by atoms with van der Waals surface area (Å²) < 4.78 is 15.5. The Bertz CT molecular complexity index is 446. The number of ether oxygens (including phenoxy) is 3. The summed E-state index contributed by atoms with van der Waals surface area (Å²) in [7, 11) is 1.58. The maximum absolute atomic E-state index is 11.3. The van der Waals surface area contributed by atoms with Gasteiger partial charge in [-0.3, -0.25) is 0 Å². The van der Waals surface area contributed by atoms with E-state index < -0.39 is 0 Å². The van der Waals surface area contributed by atoms with Gasteiger partial charge in [0.1, 0.15) is 0 Å². The summed E-state index contributed by atoms with van der Waals surface area (Å²) >= 11 is 0. The SMILES string of the molecule is CCOC(=O)COc1ccc(CNCC(C)C)cc1OC. The third-order valence-electron chi connectivity index (χ3n) is 2.76. The smallest absolute Gasteiger partial charge is 0.344 e. The largest absolute Gasteiger partial charge is 0.493 e. The van der Waals surface area contributed by atoms with Crippen molar-refractivity contribution in [2.24, 2.45) is 5.92 Å². The van der Waals surface area contributed by atoms with Crippen LogP contribution >= 0.6 is 0 Å². The van der Waals surface area contributed by atoms with Gasteiger partial charge in [-0.05, 0) is 37.1 Å². The molecule has 0 aromatic heterocycles. The summed E-state index contributed by atoms with van der Waals surface area (Å²) in [6.07, 6.45) is 0. The van der Waals surface area contributed by atoms with Crippen molar-refractivity contribution in [2.45, 2.75) is 27.3 Å². The average molecular weight is 295 g/mol. The molecule has 0 unspecified atom stereocenters. The predicted octanol–water partition coefficient (Wildman–Crippen LogP) is 2.38. The van der Waals surface area contributed by atoms with Crippen LogP contribution < -0.4 is 14.8 Å². The molecule has 1 aromatic carbocycles. The number of hydrogen-bond donors (Lipinski definition) is 1. The Balaban J connectivity index is 2.59. The second-order valence-corrected chi connectivity index (χ2v) is 5.10. The zero-order valence-electron chi connectivity index (χ0n) is 13.3. The van der Waals surface area contributed by atoms with Gasteiger partial charge >= 0.3 is 5.97 Å². The standard InChI is InChI=1S/C16H25NO4/c1-5-20-16(18)11-21-14-7-6-13(8-15(14)19-4)10-17-9-12(2)3/h6-8,12,17H,5,9-11H2,1-4H3. The van der Waals surface area contributed by atoms with E-state index in [1.807, 2.05) is 18.2 Å². The molecular weight excluding hydrogens is 270 g/mol. The molecule has 0 radical (unpaired) electrons. The number of carbonyl (C=O) groups is 1. The van der Waals surface area contributed by atoms with Crippen LogP contribution in [0.5, 0.6) is 11.5 Å². The first kappa shape index (κ1) is 17.3. The Morgan fingerprint density at radius 3 is 2.67 bits per heavy atom. The number of rotatable bonds is 9. The molecule has 1 rings (SSSR count). The normalized spacial score (nSPS) is 10.5. The topological polar surface area (TPSA) is 56.8 Å². The van der Waals surface area contributed by atoms with E-state index in [1.54, 1.807) is 14.0 Å². The molecule has 1 N–H and O–H groups in total. The summed E-state index contributed by atoms with van der Waals surface area (Å²) in [6.45, 7) is 8.06. The molecule has 0 bridgehead atoms. The van der Waals surface area contributed by atoms with Crippen molar-refractivity contribution in [2.75, 3.05) is 26.9 Å². The Hall–Kier alpha value is -1.75. The van der Waals surface area contributed by atoms with Gasteiger partial charge in [0.25, 0.3) is 0 Å². The molecule has 0 aliphatic carbocycles. The van der Waals surface area contributed by atoms with Crippen LogP contribution in [0.2, 0.25) is 0 Å². The van der Waals surface area contributed by atoms with E-state index >= 15 is 0 Å². The van der Waals surface area contributed by atoms with Crippen molar-refractivity contribution in [3.63, 3.8) is 0 Å². The monoisotopic (exact) mass is 295 g/mol. The lowest BCUT2D eigenvalue weighted by molar-refractivity contribution is -0.145. The highest BCUT2D eigenvalue weighted by Crippen LogP contribution is 2.28. The maximum Gasteiger partial charge on any atom is 0.344 e. The zero-order valence-corrected chi connectivity index (χ0v) is 13.3. The fourth-order valence-electron chi connectivity index (χ4n) is 1.79. The number of nitrogens with one attached hydrogen (secondary N) is 1. The molecular formula is C16H25NO4. The first-order valence-corrected chi connectivity index (χ1v) is 7.22.